The van der Waals surface area contributed by atoms with Gasteiger partial charge in [-0.2, -0.15) is 0 Å². The highest BCUT2D eigenvalue weighted by atomic mass is 19.1. The maximum atomic E-state index is 14.7. The van der Waals surface area contributed by atoms with E-state index in [2.05, 4.69) is 0 Å². The van der Waals surface area contributed by atoms with E-state index in [4.69, 9.17) is 0 Å². The van der Waals surface area contributed by atoms with Crippen molar-refractivity contribution in [1.82, 2.24) is 0 Å². The Morgan fingerprint density at radius 1 is 0.947 bits per heavy atom. The third kappa shape index (κ3) is 1.51. The maximum absolute atomic E-state index is 14.7. The molecule has 3 heteroatoms. The Kier molecular flexibility index (Phi) is 2.45. The molecule has 0 aromatic heterocycles. The van der Waals surface area contributed by atoms with Gasteiger partial charge in [-0.25, -0.2) is 9.18 Å². The smallest absolute Gasteiger partial charge is 0.342 e. The molecule has 0 amide bonds. The zero-order valence-corrected chi connectivity index (χ0v) is 10.2. The van der Waals surface area contributed by atoms with Crippen LogP contribution in [0.25, 0.3) is 0 Å². The van der Waals surface area contributed by atoms with Crippen molar-refractivity contribution in [1.29, 1.82) is 0 Å². The lowest BCUT2D eigenvalue weighted by Crippen LogP contribution is -2.29. The number of alkyl halides is 1. The van der Waals surface area contributed by atoms with Crippen molar-refractivity contribution in [3.05, 3.63) is 71.8 Å². The van der Waals surface area contributed by atoms with Crippen LogP contribution in [0.4, 0.5) is 4.39 Å². The number of benzene rings is 2. The minimum absolute atomic E-state index is 0.0106. The molecule has 1 atom stereocenters. The molecule has 0 saturated heterocycles. The van der Waals surface area contributed by atoms with Crippen molar-refractivity contribution in [2.45, 2.75) is 17.5 Å². The second-order valence-corrected chi connectivity index (χ2v) is 4.92. The molecule has 19 heavy (non-hydrogen) atoms. The second-order valence-electron chi connectivity index (χ2n) is 4.92. The molecular weight excluding hydrogens is 243 g/mol. The van der Waals surface area contributed by atoms with E-state index in [1.165, 1.54) is 0 Å². The van der Waals surface area contributed by atoms with Crippen LogP contribution < -0.4 is 0 Å². The van der Waals surface area contributed by atoms with Crippen LogP contribution in [0.3, 0.4) is 0 Å². The van der Waals surface area contributed by atoms with Crippen molar-refractivity contribution >= 4 is 5.97 Å². The van der Waals surface area contributed by atoms with E-state index in [1.807, 2.05) is 12.1 Å². The summed E-state index contributed by atoms with van der Waals surface area (Å²) in [7, 11) is 0. The van der Waals surface area contributed by atoms with Gasteiger partial charge in [-0.1, -0.05) is 60.7 Å². The number of carboxylic acid groups (broad SMARTS) is 1. The quantitative estimate of drug-likeness (QED) is 0.915. The first-order chi connectivity index (χ1) is 9.11. The number of carboxylic acids is 1. The van der Waals surface area contributed by atoms with Gasteiger partial charge in [-0.05, 0) is 11.1 Å². The van der Waals surface area contributed by atoms with Crippen LogP contribution in [-0.2, 0) is 10.2 Å². The third-order valence-electron chi connectivity index (χ3n) is 3.93. The normalized spacial score (nSPS) is 23.8. The molecule has 0 bridgehead atoms. The van der Waals surface area contributed by atoms with Crippen molar-refractivity contribution in [2.75, 3.05) is 0 Å². The van der Waals surface area contributed by atoms with Gasteiger partial charge in [0, 0.05) is 6.42 Å². The fraction of sp³-hybridized carbons (Fsp3) is 0.188. The largest absolute Gasteiger partial charge is 0.479 e. The van der Waals surface area contributed by atoms with Gasteiger partial charge < -0.3 is 5.11 Å². The average molecular weight is 256 g/mol. The van der Waals surface area contributed by atoms with Gasteiger partial charge in [0.1, 0.15) is 0 Å². The molecule has 0 radical (unpaired) electrons. The number of carbonyl (C=O) groups is 1. The third-order valence-corrected chi connectivity index (χ3v) is 3.93. The fourth-order valence-electron chi connectivity index (χ4n) is 2.85. The molecule has 2 aromatic carbocycles. The molecule has 1 fully saturated rings. The van der Waals surface area contributed by atoms with Gasteiger partial charge in [0.15, 0.2) is 0 Å². The lowest BCUT2D eigenvalue weighted by Gasteiger charge is -2.19. The number of hydrogen-bond acceptors (Lipinski definition) is 1. The molecule has 1 aliphatic rings. The molecule has 2 nitrogen and oxygen atoms in total. The standard InChI is InChI=1S/C16H13FO2/c17-16(14(18)19)11-15(16,12-7-3-1-4-8-12)13-9-5-2-6-10-13/h1-10H,11H2,(H,18,19)/t16-/m0/s1. The predicted molar refractivity (Wildman–Crippen MR) is 69.8 cm³/mol. The molecule has 1 aliphatic carbocycles. The zero-order chi connectivity index (χ0) is 13.5. The summed E-state index contributed by atoms with van der Waals surface area (Å²) < 4.78 is 14.7. The molecule has 2 aromatic rings. The molecule has 1 saturated carbocycles. The number of hydrogen-bond donors (Lipinski definition) is 1. The van der Waals surface area contributed by atoms with Crippen LogP contribution in [-0.4, -0.2) is 16.7 Å². The van der Waals surface area contributed by atoms with Gasteiger partial charge in [0.05, 0.1) is 5.41 Å². The first-order valence-corrected chi connectivity index (χ1v) is 6.15. The Morgan fingerprint density at radius 3 is 1.68 bits per heavy atom. The van der Waals surface area contributed by atoms with E-state index in [-0.39, 0.29) is 6.42 Å². The first kappa shape index (κ1) is 11.9. The van der Waals surface area contributed by atoms with Gasteiger partial charge in [0.2, 0.25) is 5.67 Å². The Balaban J connectivity index is 2.18. The second kappa shape index (κ2) is 3.92. The van der Waals surface area contributed by atoms with Gasteiger partial charge in [-0.15, -0.1) is 0 Å². The summed E-state index contributed by atoms with van der Waals surface area (Å²) in [6.07, 6.45) is -0.0106. The summed E-state index contributed by atoms with van der Waals surface area (Å²) in [6.45, 7) is 0. The monoisotopic (exact) mass is 256 g/mol. The van der Waals surface area contributed by atoms with Gasteiger partial charge >= 0.3 is 5.97 Å². The van der Waals surface area contributed by atoms with E-state index in [1.54, 1.807) is 48.5 Å². The van der Waals surface area contributed by atoms with Crippen LogP contribution in [0.2, 0.25) is 0 Å². The van der Waals surface area contributed by atoms with Crippen LogP contribution in [0, 0.1) is 0 Å². The molecule has 0 aliphatic heterocycles. The van der Waals surface area contributed by atoms with Crippen LogP contribution in [0.5, 0.6) is 0 Å². The molecule has 0 spiro atoms. The van der Waals surface area contributed by atoms with E-state index in [9.17, 15) is 14.3 Å². The van der Waals surface area contributed by atoms with Crippen molar-refractivity contribution in [3.8, 4) is 0 Å². The maximum Gasteiger partial charge on any atom is 0.342 e. The van der Waals surface area contributed by atoms with Crippen molar-refractivity contribution in [3.63, 3.8) is 0 Å². The lowest BCUT2D eigenvalue weighted by atomic mass is 9.85. The fourth-order valence-corrected chi connectivity index (χ4v) is 2.85. The minimum Gasteiger partial charge on any atom is -0.479 e. The Hall–Kier alpha value is -2.16. The summed E-state index contributed by atoms with van der Waals surface area (Å²) in [4.78, 5) is 11.3. The van der Waals surface area contributed by atoms with Crippen LogP contribution in [0.15, 0.2) is 60.7 Å². The number of aliphatic carboxylic acids is 1. The Labute approximate surface area is 110 Å². The summed E-state index contributed by atoms with van der Waals surface area (Å²) in [5.41, 5.74) is -1.84. The summed E-state index contributed by atoms with van der Waals surface area (Å²) >= 11 is 0. The van der Waals surface area contributed by atoms with E-state index >= 15 is 0 Å². The summed E-state index contributed by atoms with van der Waals surface area (Å²) in [5.74, 6) is -1.39. The van der Waals surface area contributed by atoms with Crippen LogP contribution >= 0.6 is 0 Å². The Bertz CT molecular complexity index is 570. The Morgan fingerprint density at radius 2 is 1.37 bits per heavy atom. The highest BCUT2D eigenvalue weighted by molar-refractivity contribution is 5.87. The van der Waals surface area contributed by atoms with E-state index in [0.29, 0.717) is 11.1 Å². The molecule has 3 rings (SSSR count). The average Bonchev–Trinajstić information content (AvgIpc) is 3.10. The van der Waals surface area contributed by atoms with Crippen LogP contribution in [0.1, 0.15) is 17.5 Å². The SMILES string of the molecule is O=C(O)[C@@]1(F)CC1(c1ccccc1)c1ccccc1. The van der Waals surface area contributed by atoms with Gasteiger partial charge in [0.25, 0.3) is 0 Å². The summed E-state index contributed by atoms with van der Waals surface area (Å²) in [6, 6.07) is 18.1. The topological polar surface area (TPSA) is 37.3 Å². The van der Waals surface area contributed by atoms with Gasteiger partial charge in [-0.3, -0.25) is 0 Å². The van der Waals surface area contributed by atoms with Crippen molar-refractivity contribution < 1.29 is 14.3 Å². The minimum atomic E-state index is -2.21. The predicted octanol–water partition coefficient (Wildman–Crippen LogP) is 3.17. The number of rotatable bonds is 3. The molecule has 0 heterocycles. The molecule has 1 N–H and O–H groups in total. The highest BCUT2D eigenvalue weighted by Gasteiger charge is 2.75. The highest BCUT2D eigenvalue weighted by Crippen LogP contribution is 2.64. The molecule has 0 unspecified atom stereocenters. The van der Waals surface area contributed by atoms with Crippen molar-refractivity contribution in [2.24, 2.45) is 0 Å². The van der Waals surface area contributed by atoms with E-state index < -0.39 is 17.1 Å². The summed E-state index contributed by atoms with van der Waals surface area (Å²) in [5, 5.41) is 9.20. The number of halogens is 1. The lowest BCUT2D eigenvalue weighted by molar-refractivity contribution is -0.145. The zero-order valence-electron chi connectivity index (χ0n) is 10.2. The first-order valence-electron chi connectivity index (χ1n) is 6.15. The van der Waals surface area contributed by atoms with E-state index in [0.717, 1.165) is 0 Å². The molecular formula is C16H13FO2. The molecule has 96 valence electrons.